The lowest BCUT2D eigenvalue weighted by Crippen LogP contribution is -2.01. The first-order chi connectivity index (χ1) is 8.13. The molecule has 0 atom stereocenters. The third-order valence-electron chi connectivity index (χ3n) is 2.62. The molecule has 0 bridgehead atoms. The summed E-state index contributed by atoms with van der Waals surface area (Å²) in [5.74, 6) is 0.985. The van der Waals surface area contributed by atoms with Crippen LogP contribution < -0.4 is 0 Å². The van der Waals surface area contributed by atoms with Crippen LogP contribution >= 0.6 is 28.1 Å². The van der Waals surface area contributed by atoms with Crippen LogP contribution in [0.2, 0.25) is 0 Å². The molecule has 0 aliphatic rings. The van der Waals surface area contributed by atoms with Gasteiger partial charge in [0.2, 0.25) is 0 Å². The van der Waals surface area contributed by atoms with Gasteiger partial charge < -0.3 is 0 Å². The van der Waals surface area contributed by atoms with E-state index in [4.69, 9.17) is 12.2 Å². The highest BCUT2D eigenvalue weighted by molar-refractivity contribution is 9.10. The zero-order valence-electron chi connectivity index (χ0n) is 9.83. The quantitative estimate of drug-likeness (QED) is 0.871. The van der Waals surface area contributed by atoms with Crippen LogP contribution in [-0.2, 0) is 6.42 Å². The van der Waals surface area contributed by atoms with Crippen molar-refractivity contribution in [1.82, 2.24) is 14.8 Å². The maximum absolute atomic E-state index is 5.28. The SMILES string of the molecule is CCCc1n[nH]c(=S)n1-c1ccc(Br)c(C)c1. The summed E-state index contributed by atoms with van der Waals surface area (Å²) in [7, 11) is 0. The first kappa shape index (κ1) is 12.5. The van der Waals surface area contributed by atoms with E-state index >= 15 is 0 Å². The Bertz CT molecular complexity index is 586. The number of H-pyrrole nitrogens is 1. The van der Waals surface area contributed by atoms with E-state index in [1.165, 1.54) is 5.56 Å². The summed E-state index contributed by atoms with van der Waals surface area (Å²) >= 11 is 8.78. The van der Waals surface area contributed by atoms with Gasteiger partial charge in [0.1, 0.15) is 5.82 Å². The summed E-state index contributed by atoms with van der Waals surface area (Å²) in [6, 6.07) is 6.19. The van der Waals surface area contributed by atoms with Gasteiger partial charge in [-0.05, 0) is 49.3 Å². The van der Waals surface area contributed by atoms with Crippen LogP contribution in [0, 0.1) is 11.7 Å². The lowest BCUT2D eigenvalue weighted by Gasteiger charge is -2.08. The number of nitrogens with zero attached hydrogens (tertiary/aromatic N) is 2. The fourth-order valence-corrected chi connectivity index (χ4v) is 2.26. The van der Waals surface area contributed by atoms with Gasteiger partial charge in [-0.15, -0.1) is 0 Å². The summed E-state index contributed by atoms with van der Waals surface area (Å²) in [6.45, 7) is 4.20. The summed E-state index contributed by atoms with van der Waals surface area (Å²) in [6.07, 6.45) is 1.97. The standard InChI is InChI=1S/C12H14BrN3S/c1-3-4-11-14-15-12(17)16(11)9-5-6-10(13)8(2)7-9/h5-7H,3-4H2,1-2H3,(H,15,17). The van der Waals surface area contributed by atoms with Gasteiger partial charge >= 0.3 is 0 Å². The summed E-state index contributed by atoms with van der Waals surface area (Å²) in [4.78, 5) is 0. The minimum absolute atomic E-state index is 0.648. The van der Waals surface area contributed by atoms with E-state index < -0.39 is 0 Å². The van der Waals surface area contributed by atoms with E-state index in [0.29, 0.717) is 4.77 Å². The third kappa shape index (κ3) is 2.50. The van der Waals surface area contributed by atoms with Crippen molar-refractivity contribution >= 4 is 28.1 Å². The molecule has 0 saturated carbocycles. The van der Waals surface area contributed by atoms with E-state index in [0.717, 1.165) is 28.8 Å². The molecule has 5 heteroatoms. The second-order valence-electron chi connectivity index (χ2n) is 3.96. The highest BCUT2D eigenvalue weighted by atomic mass is 79.9. The molecular weight excluding hydrogens is 298 g/mol. The normalized spacial score (nSPS) is 10.8. The van der Waals surface area contributed by atoms with Crippen molar-refractivity contribution < 1.29 is 0 Å². The number of rotatable bonds is 3. The molecule has 1 aromatic carbocycles. The van der Waals surface area contributed by atoms with Crippen LogP contribution in [0.3, 0.4) is 0 Å². The molecule has 0 amide bonds. The molecule has 0 saturated heterocycles. The van der Waals surface area contributed by atoms with Gasteiger partial charge in [-0.3, -0.25) is 9.67 Å². The molecule has 3 nitrogen and oxygen atoms in total. The van der Waals surface area contributed by atoms with Crippen LogP contribution in [0.1, 0.15) is 24.7 Å². The van der Waals surface area contributed by atoms with Crippen molar-refractivity contribution in [2.45, 2.75) is 26.7 Å². The van der Waals surface area contributed by atoms with Gasteiger partial charge in [-0.1, -0.05) is 22.9 Å². The van der Waals surface area contributed by atoms with E-state index in [1.54, 1.807) is 0 Å². The predicted octanol–water partition coefficient (Wildman–Crippen LogP) is 3.95. The molecule has 0 unspecified atom stereocenters. The van der Waals surface area contributed by atoms with Gasteiger partial charge in [-0.25, -0.2) is 0 Å². The molecule has 2 aromatic rings. The number of hydrogen-bond acceptors (Lipinski definition) is 2. The molecule has 0 aliphatic heterocycles. The van der Waals surface area contributed by atoms with Crippen molar-refractivity contribution in [3.63, 3.8) is 0 Å². The number of aromatic amines is 1. The largest absolute Gasteiger partial charge is 0.272 e. The number of nitrogens with one attached hydrogen (secondary N) is 1. The van der Waals surface area contributed by atoms with Crippen molar-refractivity contribution in [1.29, 1.82) is 0 Å². The Labute approximate surface area is 114 Å². The van der Waals surface area contributed by atoms with Gasteiger partial charge in [0.15, 0.2) is 4.77 Å². The Hall–Kier alpha value is -0.940. The zero-order chi connectivity index (χ0) is 12.4. The van der Waals surface area contributed by atoms with Crippen LogP contribution in [0.15, 0.2) is 22.7 Å². The van der Waals surface area contributed by atoms with E-state index in [1.807, 2.05) is 16.7 Å². The Kier molecular flexibility index (Phi) is 3.79. The molecule has 0 aliphatic carbocycles. The molecule has 17 heavy (non-hydrogen) atoms. The minimum Gasteiger partial charge on any atom is -0.272 e. The third-order valence-corrected chi connectivity index (χ3v) is 3.78. The minimum atomic E-state index is 0.648. The smallest absolute Gasteiger partial charge is 0.199 e. The number of hydrogen-bond donors (Lipinski definition) is 1. The molecule has 1 N–H and O–H groups in total. The molecule has 2 rings (SSSR count). The van der Waals surface area contributed by atoms with Crippen LogP contribution in [0.5, 0.6) is 0 Å². The average Bonchev–Trinajstić information content (AvgIpc) is 2.65. The van der Waals surface area contributed by atoms with Gasteiger partial charge in [0.05, 0.1) is 0 Å². The fourth-order valence-electron chi connectivity index (χ4n) is 1.76. The van der Waals surface area contributed by atoms with Crippen molar-refractivity contribution in [3.05, 3.63) is 38.8 Å². The molecule has 0 fully saturated rings. The lowest BCUT2D eigenvalue weighted by atomic mass is 10.2. The van der Waals surface area contributed by atoms with Crippen LogP contribution in [0.25, 0.3) is 5.69 Å². The molecular formula is C12H14BrN3S. The summed E-state index contributed by atoms with van der Waals surface area (Å²) in [5.41, 5.74) is 2.25. The molecule has 1 aromatic heterocycles. The predicted molar refractivity (Wildman–Crippen MR) is 75.2 cm³/mol. The molecule has 0 spiro atoms. The Morgan fingerprint density at radius 2 is 2.24 bits per heavy atom. The highest BCUT2D eigenvalue weighted by Gasteiger charge is 2.08. The Balaban J connectivity index is 2.55. The van der Waals surface area contributed by atoms with Crippen LogP contribution in [-0.4, -0.2) is 14.8 Å². The van der Waals surface area contributed by atoms with Crippen LogP contribution in [0.4, 0.5) is 0 Å². The van der Waals surface area contributed by atoms with Crippen molar-refractivity contribution in [2.75, 3.05) is 0 Å². The van der Waals surface area contributed by atoms with E-state index in [9.17, 15) is 0 Å². The van der Waals surface area contributed by atoms with E-state index in [-0.39, 0.29) is 0 Å². The van der Waals surface area contributed by atoms with Gasteiger partial charge in [0.25, 0.3) is 0 Å². The monoisotopic (exact) mass is 311 g/mol. The lowest BCUT2D eigenvalue weighted by molar-refractivity contribution is 0.801. The first-order valence-electron chi connectivity index (χ1n) is 5.56. The van der Waals surface area contributed by atoms with Gasteiger partial charge in [-0.2, -0.15) is 5.10 Å². The zero-order valence-corrected chi connectivity index (χ0v) is 12.2. The van der Waals surface area contributed by atoms with Crippen molar-refractivity contribution in [2.24, 2.45) is 0 Å². The topological polar surface area (TPSA) is 33.6 Å². The first-order valence-corrected chi connectivity index (χ1v) is 6.76. The van der Waals surface area contributed by atoms with Gasteiger partial charge in [0, 0.05) is 16.6 Å². The second kappa shape index (κ2) is 5.14. The number of aryl methyl sites for hydroxylation is 2. The fraction of sp³-hybridized carbons (Fsp3) is 0.333. The molecule has 0 radical (unpaired) electrons. The number of benzene rings is 1. The maximum Gasteiger partial charge on any atom is 0.199 e. The highest BCUT2D eigenvalue weighted by Crippen LogP contribution is 2.20. The Morgan fingerprint density at radius 1 is 1.47 bits per heavy atom. The Morgan fingerprint density at radius 3 is 2.88 bits per heavy atom. The number of aromatic nitrogens is 3. The molecule has 1 heterocycles. The second-order valence-corrected chi connectivity index (χ2v) is 5.20. The van der Waals surface area contributed by atoms with Crippen molar-refractivity contribution in [3.8, 4) is 5.69 Å². The maximum atomic E-state index is 5.28. The summed E-state index contributed by atoms with van der Waals surface area (Å²) < 4.78 is 3.75. The molecule has 90 valence electrons. The summed E-state index contributed by atoms with van der Waals surface area (Å²) in [5, 5.41) is 7.13. The average molecular weight is 312 g/mol. The number of halogens is 1. The van der Waals surface area contributed by atoms with E-state index in [2.05, 4.69) is 46.0 Å².